The number of carbonyl (C=O) groups is 1. The molecule has 0 atom stereocenters. The highest BCUT2D eigenvalue weighted by Crippen LogP contribution is 2.36. The molecule has 0 amide bonds. The van der Waals surface area contributed by atoms with Crippen molar-refractivity contribution < 1.29 is 9.53 Å². The maximum absolute atomic E-state index is 11.0. The fraction of sp³-hybridized carbons (Fsp3) is 0.133. The molecule has 0 N–H and O–H groups in total. The van der Waals surface area contributed by atoms with Crippen LogP contribution in [0.15, 0.2) is 52.3 Å². The highest BCUT2D eigenvalue weighted by Gasteiger charge is 2.08. The van der Waals surface area contributed by atoms with Gasteiger partial charge < -0.3 is 4.74 Å². The van der Waals surface area contributed by atoms with Crippen LogP contribution in [0, 0.1) is 6.92 Å². The number of benzene rings is 2. The number of methoxy groups -OCH3 is 1. The van der Waals surface area contributed by atoms with E-state index in [1.54, 1.807) is 18.9 Å². The molecule has 0 aliphatic heterocycles. The van der Waals surface area contributed by atoms with Crippen molar-refractivity contribution in [3.05, 3.63) is 53.6 Å². The van der Waals surface area contributed by atoms with Gasteiger partial charge in [-0.25, -0.2) is 0 Å². The van der Waals surface area contributed by atoms with E-state index in [9.17, 15) is 4.79 Å². The minimum absolute atomic E-state index is 0.699. The Kier molecular flexibility index (Phi) is 4.05. The highest BCUT2D eigenvalue weighted by molar-refractivity contribution is 7.99. The fourth-order valence-electron chi connectivity index (χ4n) is 1.65. The number of aldehydes is 1. The summed E-state index contributed by atoms with van der Waals surface area (Å²) in [5, 5.41) is 0. The van der Waals surface area contributed by atoms with E-state index < -0.39 is 0 Å². The van der Waals surface area contributed by atoms with E-state index in [1.807, 2.05) is 49.4 Å². The summed E-state index contributed by atoms with van der Waals surface area (Å²) in [7, 11) is 1.66. The summed E-state index contributed by atoms with van der Waals surface area (Å²) in [6.45, 7) is 2.02. The van der Waals surface area contributed by atoms with Gasteiger partial charge in [0, 0.05) is 10.5 Å². The predicted molar refractivity (Wildman–Crippen MR) is 73.7 cm³/mol. The average molecular weight is 258 g/mol. The first-order valence-electron chi connectivity index (χ1n) is 5.61. The summed E-state index contributed by atoms with van der Waals surface area (Å²) >= 11 is 1.54. The molecule has 2 aromatic carbocycles. The first-order chi connectivity index (χ1) is 8.74. The summed E-state index contributed by atoms with van der Waals surface area (Å²) < 4.78 is 5.36. The van der Waals surface area contributed by atoms with Crippen LogP contribution in [0.4, 0.5) is 0 Å². The topological polar surface area (TPSA) is 26.3 Å². The first-order valence-corrected chi connectivity index (χ1v) is 6.43. The molecule has 0 aliphatic rings. The van der Waals surface area contributed by atoms with Crippen LogP contribution in [0.25, 0.3) is 0 Å². The van der Waals surface area contributed by atoms with Gasteiger partial charge in [0.15, 0.2) is 6.29 Å². The maximum Gasteiger partial charge on any atom is 0.151 e. The van der Waals surface area contributed by atoms with Crippen LogP contribution >= 0.6 is 11.8 Å². The molecule has 0 radical (unpaired) electrons. The number of hydrogen-bond donors (Lipinski definition) is 0. The van der Waals surface area contributed by atoms with Gasteiger partial charge in [0.2, 0.25) is 0 Å². The Balaban J connectivity index is 2.36. The molecule has 2 aromatic rings. The summed E-state index contributed by atoms with van der Waals surface area (Å²) in [5.74, 6) is 0.834. The van der Waals surface area contributed by atoms with E-state index in [-0.39, 0.29) is 0 Å². The summed E-state index contributed by atoms with van der Waals surface area (Å²) in [6.07, 6.45) is 0.878. The average Bonchev–Trinajstić information content (AvgIpc) is 2.41. The third-order valence-corrected chi connectivity index (χ3v) is 3.73. The van der Waals surface area contributed by atoms with Gasteiger partial charge in [-0.2, -0.15) is 0 Å². The molecule has 0 bridgehead atoms. The van der Waals surface area contributed by atoms with Crippen molar-refractivity contribution in [2.45, 2.75) is 16.7 Å². The van der Waals surface area contributed by atoms with Gasteiger partial charge >= 0.3 is 0 Å². The Morgan fingerprint density at radius 2 is 1.89 bits per heavy atom. The summed E-state index contributed by atoms with van der Waals surface area (Å²) in [4.78, 5) is 12.9. The molecule has 0 saturated heterocycles. The highest BCUT2D eigenvalue weighted by atomic mass is 32.2. The zero-order chi connectivity index (χ0) is 13.0. The van der Waals surface area contributed by atoms with Crippen LogP contribution in [0.5, 0.6) is 5.75 Å². The Labute approximate surface area is 111 Å². The molecule has 92 valence electrons. The van der Waals surface area contributed by atoms with Gasteiger partial charge in [0.05, 0.1) is 12.0 Å². The number of carbonyl (C=O) groups excluding carboxylic acids is 1. The Morgan fingerprint density at radius 3 is 2.61 bits per heavy atom. The SMILES string of the molecule is COc1cc(C)ccc1Sc1ccccc1C=O. The number of aryl methyl sites for hydroxylation is 1. The third-order valence-electron chi connectivity index (χ3n) is 2.59. The normalized spacial score (nSPS) is 10.1. The van der Waals surface area contributed by atoms with Gasteiger partial charge in [0.1, 0.15) is 5.75 Å². The number of rotatable bonds is 4. The second-order valence-corrected chi connectivity index (χ2v) is 5.00. The molecule has 0 unspecified atom stereocenters. The van der Waals surface area contributed by atoms with Crippen LogP contribution in [-0.2, 0) is 0 Å². The number of hydrogen-bond acceptors (Lipinski definition) is 3. The van der Waals surface area contributed by atoms with E-state index >= 15 is 0 Å². The summed E-state index contributed by atoms with van der Waals surface area (Å²) in [5.41, 5.74) is 1.85. The molecule has 18 heavy (non-hydrogen) atoms. The van der Waals surface area contributed by atoms with E-state index in [0.29, 0.717) is 5.56 Å². The van der Waals surface area contributed by atoms with Crippen LogP contribution in [-0.4, -0.2) is 13.4 Å². The number of ether oxygens (including phenoxy) is 1. The van der Waals surface area contributed by atoms with Crippen LogP contribution in [0.2, 0.25) is 0 Å². The van der Waals surface area contributed by atoms with Crippen molar-refractivity contribution in [2.75, 3.05) is 7.11 Å². The van der Waals surface area contributed by atoms with Crippen molar-refractivity contribution in [3.8, 4) is 5.75 Å². The molecular formula is C15H14O2S. The lowest BCUT2D eigenvalue weighted by Gasteiger charge is -2.10. The molecule has 2 nitrogen and oxygen atoms in total. The van der Waals surface area contributed by atoms with Crippen molar-refractivity contribution in [3.63, 3.8) is 0 Å². The van der Waals surface area contributed by atoms with Crippen molar-refractivity contribution in [1.82, 2.24) is 0 Å². The van der Waals surface area contributed by atoms with Gasteiger partial charge in [-0.15, -0.1) is 0 Å². The largest absolute Gasteiger partial charge is 0.496 e. The second-order valence-electron chi connectivity index (χ2n) is 3.91. The maximum atomic E-state index is 11.0. The Hall–Kier alpha value is -1.74. The summed E-state index contributed by atoms with van der Waals surface area (Å²) in [6, 6.07) is 13.6. The second kappa shape index (κ2) is 5.74. The first kappa shape index (κ1) is 12.7. The molecule has 2 rings (SSSR count). The van der Waals surface area contributed by atoms with Crippen LogP contribution < -0.4 is 4.74 Å². The quantitative estimate of drug-likeness (QED) is 0.776. The van der Waals surface area contributed by atoms with Gasteiger partial charge in [0.25, 0.3) is 0 Å². The minimum Gasteiger partial charge on any atom is -0.496 e. The van der Waals surface area contributed by atoms with Gasteiger partial charge in [-0.1, -0.05) is 36.0 Å². The molecule has 0 fully saturated rings. The molecule has 0 aromatic heterocycles. The predicted octanol–water partition coefficient (Wildman–Crippen LogP) is 3.97. The van der Waals surface area contributed by atoms with E-state index in [1.165, 1.54) is 0 Å². The smallest absolute Gasteiger partial charge is 0.151 e. The molecule has 0 heterocycles. The van der Waals surface area contributed by atoms with Crippen molar-refractivity contribution in [1.29, 1.82) is 0 Å². The zero-order valence-corrected chi connectivity index (χ0v) is 11.2. The van der Waals surface area contributed by atoms with Gasteiger partial charge in [-0.05, 0) is 30.7 Å². The van der Waals surface area contributed by atoms with Crippen molar-refractivity contribution in [2.24, 2.45) is 0 Å². The van der Waals surface area contributed by atoms with E-state index in [0.717, 1.165) is 27.4 Å². The lowest BCUT2D eigenvalue weighted by molar-refractivity contribution is 0.112. The Bertz CT molecular complexity index is 564. The lowest BCUT2D eigenvalue weighted by Crippen LogP contribution is -1.89. The molecule has 3 heteroatoms. The van der Waals surface area contributed by atoms with Crippen LogP contribution in [0.1, 0.15) is 15.9 Å². The fourth-order valence-corrected chi connectivity index (χ4v) is 2.64. The minimum atomic E-state index is 0.699. The lowest BCUT2D eigenvalue weighted by atomic mass is 10.2. The molecule has 0 aliphatic carbocycles. The van der Waals surface area contributed by atoms with Crippen LogP contribution in [0.3, 0.4) is 0 Å². The van der Waals surface area contributed by atoms with Gasteiger partial charge in [-0.3, -0.25) is 4.79 Å². The monoisotopic (exact) mass is 258 g/mol. The van der Waals surface area contributed by atoms with E-state index in [4.69, 9.17) is 4.74 Å². The standard InChI is InChI=1S/C15H14O2S/c1-11-7-8-15(13(9-11)17-2)18-14-6-4-3-5-12(14)10-16/h3-10H,1-2H3. The third kappa shape index (κ3) is 2.74. The molecule has 0 spiro atoms. The Morgan fingerprint density at radius 1 is 1.11 bits per heavy atom. The molecular weight excluding hydrogens is 244 g/mol. The zero-order valence-electron chi connectivity index (χ0n) is 10.3. The van der Waals surface area contributed by atoms with E-state index in [2.05, 4.69) is 0 Å². The molecule has 0 saturated carbocycles. The van der Waals surface area contributed by atoms with Crippen molar-refractivity contribution >= 4 is 18.0 Å².